The van der Waals surface area contributed by atoms with Gasteiger partial charge in [-0.2, -0.15) is 0 Å². The second kappa shape index (κ2) is 13.1. The lowest BCUT2D eigenvalue weighted by Gasteiger charge is -2.31. The van der Waals surface area contributed by atoms with Gasteiger partial charge in [0.2, 0.25) is 21.8 Å². The van der Waals surface area contributed by atoms with Crippen LogP contribution in [0.25, 0.3) is 0 Å². The van der Waals surface area contributed by atoms with Gasteiger partial charge in [-0.15, -0.1) is 0 Å². The van der Waals surface area contributed by atoms with Gasteiger partial charge in [0.05, 0.1) is 18.6 Å². The molecular weight excluding hydrogens is 466 g/mol. The third-order valence-electron chi connectivity index (χ3n) is 5.66. The molecule has 0 heterocycles. The van der Waals surface area contributed by atoms with Crippen molar-refractivity contribution in [3.05, 3.63) is 59.7 Å². The number of nitrogens with zero attached hydrogens (tertiary/aromatic N) is 2. The Morgan fingerprint density at radius 2 is 1.77 bits per heavy atom. The Balaban J connectivity index is 2.17. The summed E-state index contributed by atoms with van der Waals surface area (Å²) in [5.74, 6) is 0.245. The summed E-state index contributed by atoms with van der Waals surface area (Å²) in [6.07, 6.45) is 2.04. The van der Waals surface area contributed by atoms with Gasteiger partial charge in [0.15, 0.2) is 0 Å². The van der Waals surface area contributed by atoms with E-state index in [2.05, 4.69) is 5.32 Å². The molecule has 1 N–H and O–H groups in total. The first kappa shape index (κ1) is 28.2. The number of rotatable bonds is 13. The normalized spacial score (nSPS) is 12.0. The molecule has 2 aromatic rings. The van der Waals surface area contributed by atoms with Gasteiger partial charge in [0.1, 0.15) is 11.8 Å². The molecule has 1 atom stereocenters. The fourth-order valence-corrected chi connectivity index (χ4v) is 4.94. The number of benzene rings is 2. The molecule has 192 valence electrons. The highest BCUT2D eigenvalue weighted by molar-refractivity contribution is 7.92. The maximum Gasteiger partial charge on any atom is 0.242 e. The molecule has 0 aliphatic heterocycles. The average molecular weight is 504 g/mol. The minimum absolute atomic E-state index is 0.113. The summed E-state index contributed by atoms with van der Waals surface area (Å²) in [6, 6.07) is 14.1. The highest BCUT2D eigenvalue weighted by atomic mass is 32.2. The maximum atomic E-state index is 13.3. The molecule has 0 saturated heterocycles. The monoisotopic (exact) mass is 503 g/mol. The van der Waals surface area contributed by atoms with Crippen molar-refractivity contribution < 1.29 is 22.7 Å². The molecule has 0 unspecified atom stereocenters. The van der Waals surface area contributed by atoms with Crippen LogP contribution in [0.15, 0.2) is 48.5 Å². The van der Waals surface area contributed by atoms with Crippen molar-refractivity contribution in [2.75, 3.05) is 30.8 Å². The van der Waals surface area contributed by atoms with E-state index in [1.165, 1.54) is 4.31 Å². The van der Waals surface area contributed by atoms with Gasteiger partial charge in [-0.1, -0.05) is 36.8 Å². The van der Waals surface area contributed by atoms with Crippen molar-refractivity contribution in [3.8, 4) is 5.75 Å². The molecule has 0 fully saturated rings. The lowest BCUT2D eigenvalue weighted by atomic mass is 10.1. The Labute approximate surface area is 209 Å². The lowest BCUT2D eigenvalue weighted by Crippen LogP contribution is -2.48. The zero-order valence-electron chi connectivity index (χ0n) is 21.3. The number of carbonyl (C=O) groups is 2. The van der Waals surface area contributed by atoms with E-state index < -0.39 is 16.1 Å². The predicted molar refractivity (Wildman–Crippen MR) is 139 cm³/mol. The van der Waals surface area contributed by atoms with E-state index in [0.29, 0.717) is 37.4 Å². The van der Waals surface area contributed by atoms with Gasteiger partial charge in [0.25, 0.3) is 0 Å². The summed E-state index contributed by atoms with van der Waals surface area (Å²) in [4.78, 5) is 27.4. The van der Waals surface area contributed by atoms with Crippen molar-refractivity contribution in [2.24, 2.45) is 0 Å². The third kappa shape index (κ3) is 8.28. The molecule has 8 nitrogen and oxygen atoms in total. The van der Waals surface area contributed by atoms with Crippen LogP contribution in [0, 0.1) is 6.92 Å². The van der Waals surface area contributed by atoms with Crippen molar-refractivity contribution in [2.45, 2.75) is 52.6 Å². The van der Waals surface area contributed by atoms with Gasteiger partial charge in [-0.3, -0.25) is 13.9 Å². The molecule has 35 heavy (non-hydrogen) atoms. The van der Waals surface area contributed by atoms with E-state index >= 15 is 0 Å². The number of nitrogens with one attached hydrogen (secondary N) is 1. The van der Waals surface area contributed by atoms with E-state index in [-0.39, 0.29) is 24.8 Å². The van der Waals surface area contributed by atoms with Crippen LogP contribution >= 0.6 is 0 Å². The Kier molecular flexibility index (Phi) is 10.6. The van der Waals surface area contributed by atoms with Crippen LogP contribution < -0.4 is 14.4 Å². The summed E-state index contributed by atoms with van der Waals surface area (Å²) in [5.41, 5.74) is 2.52. The highest BCUT2D eigenvalue weighted by Gasteiger charge is 2.28. The minimum Gasteiger partial charge on any atom is -0.494 e. The Hall–Kier alpha value is -3.07. The van der Waals surface area contributed by atoms with Crippen molar-refractivity contribution in [1.82, 2.24) is 10.2 Å². The van der Waals surface area contributed by atoms with Crippen molar-refractivity contribution in [3.63, 3.8) is 0 Å². The summed E-state index contributed by atoms with van der Waals surface area (Å²) >= 11 is 0. The zero-order chi connectivity index (χ0) is 26.0. The van der Waals surface area contributed by atoms with Gasteiger partial charge in [0, 0.05) is 26.6 Å². The number of ether oxygens (including phenoxy) is 1. The fraction of sp³-hybridized carbons (Fsp3) is 0.462. The second-order valence-corrected chi connectivity index (χ2v) is 10.3. The molecule has 0 spiro atoms. The number of amides is 2. The SMILES string of the molecule is CCOc1ccc(N(CCCC(=O)N(Cc2cccc(C)c2)[C@@H](CC)C(=O)NC)S(C)(=O)=O)cc1. The largest absolute Gasteiger partial charge is 0.494 e. The van der Waals surface area contributed by atoms with Crippen LogP contribution in [-0.2, 0) is 26.2 Å². The van der Waals surface area contributed by atoms with Crippen LogP contribution in [0.1, 0.15) is 44.2 Å². The molecule has 2 aromatic carbocycles. The molecule has 9 heteroatoms. The molecule has 2 rings (SSSR count). The average Bonchev–Trinajstić information content (AvgIpc) is 2.81. The van der Waals surface area contributed by atoms with Crippen molar-refractivity contribution in [1.29, 1.82) is 0 Å². The molecular formula is C26H37N3O5S. The number of likely N-dealkylation sites (N-methyl/N-ethyl adjacent to an activating group) is 1. The van der Waals surface area contributed by atoms with Gasteiger partial charge in [-0.05, 0) is 56.5 Å². The van der Waals surface area contributed by atoms with Gasteiger partial charge < -0.3 is 15.0 Å². The summed E-state index contributed by atoms with van der Waals surface area (Å²) in [5, 5.41) is 2.65. The third-order valence-corrected chi connectivity index (χ3v) is 6.85. The number of hydrogen-bond acceptors (Lipinski definition) is 5. The minimum atomic E-state index is -3.55. The second-order valence-electron chi connectivity index (χ2n) is 8.41. The first-order valence-electron chi connectivity index (χ1n) is 11.9. The fourth-order valence-electron chi connectivity index (χ4n) is 3.97. The van der Waals surface area contributed by atoms with E-state index in [1.807, 2.05) is 45.0 Å². The number of anilines is 1. The number of sulfonamides is 1. The standard InChI is InChI=1S/C26H37N3O5S/c1-6-24(26(31)27-4)28(19-21-11-8-10-20(3)18-21)25(30)12-9-17-29(35(5,32)33)22-13-15-23(16-14-22)34-7-2/h8,10-11,13-16,18,24H,6-7,9,12,17,19H2,1-5H3,(H,27,31)/t24-/m0/s1. The smallest absolute Gasteiger partial charge is 0.242 e. The summed E-state index contributed by atoms with van der Waals surface area (Å²) in [6.45, 7) is 6.70. The zero-order valence-corrected chi connectivity index (χ0v) is 22.1. The molecule has 2 amide bonds. The predicted octanol–water partition coefficient (Wildman–Crippen LogP) is 3.49. The number of aryl methyl sites for hydroxylation is 1. The number of carbonyl (C=O) groups excluding carboxylic acids is 2. The molecule has 0 aliphatic rings. The van der Waals surface area contributed by atoms with Crippen LogP contribution in [0.5, 0.6) is 5.75 Å². The quantitative estimate of drug-likeness (QED) is 0.451. The summed E-state index contributed by atoms with van der Waals surface area (Å²) < 4.78 is 31.6. The Morgan fingerprint density at radius 3 is 2.31 bits per heavy atom. The van der Waals surface area contributed by atoms with Crippen LogP contribution in [0.2, 0.25) is 0 Å². The summed E-state index contributed by atoms with van der Waals surface area (Å²) in [7, 11) is -1.99. The molecule has 0 bridgehead atoms. The molecule has 0 saturated carbocycles. The molecule has 0 radical (unpaired) electrons. The van der Waals surface area contributed by atoms with Crippen LogP contribution in [-0.4, -0.2) is 57.6 Å². The topological polar surface area (TPSA) is 96.0 Å². The molecule has 0 aromatic heterocycles. The van der Waals surface area contributed by atoms with E-state index in [0.717, 1.165) is 17.4 Å². The van der Waals surface area contributed by atoms with Gasteiger partial charge in [-0.25, -0.2) is 8.42 Å². The van der Waals surface area contributed by atoms with Crippen LogP contribution in [0.3, 0.4) is 0 Å². The van der Waals surface area contributed by atoms with E-state index in [1.54, 1.807) is 36.2 Å². The Morgan fingerprint density at radius 1 is 1.09 bits per heavy atom. The first-order chi connectivity index (χ1) is 16.6. The van der Waals surface area contributed by atoms with Crippen molar-refractivity contribution >= 4 is 27.5 Å². The highest BCUT2D eigenvalue weighted by Crippen LogP contribution is 2.23. The first-order valence-corrected chi connectivity index (χ1v) is 13.7. The maximum absolute atomic E-state index is 13.3. The van der Waals surface area contributed by atoms with E-state index in [4.69, 9.17) is 4.74 Å². The lowest BCUT2D eigenvalue weighted by molar-refractivity contribution is -0.141. The van der Waals surface area contributed by atoms with Gasteiger partial charge >= 0.3 is 0 Å². The Bertz CT molecular complexity index is 1090. The van der Waals surface area contributed by atoms with Crippen LogP contribution in [0.4, 0.5) is 5.69 Å². The van der Waals surface area contributed by atoms with E-state index in [9.17, 15) is 18.0 Å². The molecule has 0 aliphatic carbocycles. The number of hydrogen-bond donors (Lipinski definition) is 1.